The van der Waals surface area contributed by atoms with Gasteiger partial charge in [-0.05, 0) is 46.2 Å². The molecule has 2 N–H and O–H groups in total. The van der Waals surface area contributed by atoms with Gasteiger partial charge in [0.2, 0.25) is 5.91 Å². The number of carbonyl (C=O) groups is 1. The number of hydrogen-bond donors (Lipinski definition) is 2. The van der Waals surface area contributed by atoms with E-state index < -0.39 is 0 Å². The van der Waals surface area contributed by atoms with Gasteiger partial charge < -0.3 is 15.4 Å². The molecule has 0 spiro atoms. The molecule has 0 radical (unpaired) electrons. The minimum Gasteiger partial charge on any atom is -0.377 e. The van der Waals surface area contributed by atoms with Gasteiger partial charge in [0.25, 0.3) is 0 Å². The van der Waals surface area contributed by atoms with Crippen LogP contribution >= 0.6 is 0 Å². The smallest absolute Gasteiger partial charge is 0.226 e. The van der Waals surface area contributed by atoms with Gasteiger partial charge in [-0.15, -0.1) is 0 Å². The average Bonchev–Trinajstić information content (AvgIpc) is 2.35. The standard InChI is InChI=1S/C14H28N2O2/c1-4-5-14(6-8-15-9-7-14)13(17)16-10-11-18-12(2)3/h12,15H,4-11H2,1-3H3,(H,16,17). The number of ether oxygens (including phenoxy) is 1. The van der Waals surface area contributed by atoms with Crippen LogP contribution in [0.15, 0.2) is 0 Å². The maximum Gasteiger partial charge on any atom is 0.226 e. The van der Waals surface area contributed by atoms with Crippen LogP contribution in [0.1, 0.15) is 46.5 Å². The molecule has 0 unspecified atom stereocenters. The van der Waals surface area contributed by atoms with E-state index in [1.807, 2.05) is 13.8 Å². The molecule has 1 rings (SSSR count). The molecule has 0 atom stereocenters. The first kappa shape index (κ1) is 15.4. The summed E-state index contributed by atoms with van der Waals surface area (Å²) in [5, 5.41) is 6.37. The fraction of sp³-hybridized carbons (Fsp3) is 0.929. The lowest BCUT2D eigenvalue weighted by Crippen LogP contribution is -2.48. The summed E-state index contributed by atoms with van der Waals surface area (Å²) in [5.74, 6) is 0.221. The Kier molecular flexibility index (Phi) is 6.65. The van der Waals surface area contributed by atoms with Gasteiger partial charge in [0.15, 0.2) is 0 Å². The zero-order valence-electron chi connectivity index (χ0n) is 12.1. The highest BCUT2D eigenvalue weighted by Crippen LogP contribution is 2.34. The van der Waals surface area contributed by atoms with Crippen molar-refractivity contribution in [1.29, 1.82) is 0 Å². The van der Waals surface area contributed by atoms with E-state index in [0.717, 1.165) is 38.8 Å². The Hall–Kier alpha value is -0.610. The SMILES string of the molecule is CCCC1(C(=O)NCCOC(C)C)CCNCC1. The summed E-state index contributed by atoms with van der Waals surface area (Å²) < 4.78 is 5.45. The summed E-state index contributed by atoms with van der Waals surface area (Å²) in [5.41, 5.74) is -0.141. The maximum atomic E-state index is 12.4. The molecule has 1 saturated heterocycles. The van der Waals surface area contributed by atoms with Crippen molar-refractivity contribution >= 4 is 5.91 Å². The van der Waals surface area contributed by atoms with Crippen LogP contribution in [-0.4, -0.2) is 38.3 Å². The first-order valence-electron chi connectivity index (χ1n) is 7.21. The van der Waals surface area contributed by atoms with E-state index in [9.17, 15) is 4.79 Å². The van der Waals surface area contributed by atoms with Crippen molar-refractivity contribution in [3.63, 3.8) is 0 Å². The van der Waals surface area contributed by atoms with E-state index in [1.165, 1.54) is 0 Å². The molecule has 0 aromatic rings. The highest BCUT2D eigenvalue weighted by molar-refractivity contribution is 5.82. The molecule has 0 saturated carbocycles. The molecule has 1 fully saturated rings. The van der Waals surface area contributed by atoms with E-state index in [0.29, 0.717) is 13.2 Å². The van der Waals surface area contributed by atoms with Crippen molar-refractivity contribution in [2.75, 3.05) is 26.2 Å². The third-order valence-electron chi connectivity index (χ3n) is 3.61. The van der Waals surface area contributed by atoms with Crippen LogP contribution in [0.5, 0.6) is 0 Å². The Labute approximate surface area is 111 Å². The summed E-state index contributed by atoms with van der Waals surface area (Å²) in [6.45, 7) is 9.30. The van der Waals surface area contributed by atoms with Gasteiger partial charge >= 0.3 is 0 Å². The zero-order chi connectivity index (χ0) is 13.4. The lowest BCUT2D eigenvalue weighted by molar-refractivity contribution is -0.133. The molecule has 1 amide bonds. The van der Waals surface area contributed by atoms with Crippen molar-refractivity contribution in [2.24, 2.45) is 5.41 Å². The fourth-order valence-corrected chi connectivity index (χ4v) is 2.62. The first-order chi connectivity index (χ1) is 8.60. The highest BCUT2D eigenvalue weighted by Gasteiger charge is 2.38. The fourth-order valence-electron chi connectivity index (χ4n) is 2.62. The van der Waals surface area contributed by atoms with Gasteiger partial charge in [0.1, 0.15) is 0 Å². The normalized spacial score (nSPS) is 18.9. The number of piperidine rings is 1. The molecule has 0 bridgehead atoms. The Morgan fingerprint density at radius 1 is 1.39 bits per heavy atom. The zero-order valence-corrected chi connectivity index (χ0v) is 12.1. The third kappa shape index (κ3) is 4.58. The van der Waals surface area contributed by atoms with E-state index in [-0.39, 0.29) is 17.4 Å². The van der Waals surface area contributed by atoms with Crippen LogP contribution in [-0.2, 0) is 9.53 Å². The van der Waals surface area contributed by atoms with Crippen molar-refractivity contribution in [3.8, 4) is 0 Å². The van der Waals surface area contributed by atoms with Crippen LogP contribution in [0.4, 0.5) is 0 Å². The second-order valence-corrected chi connectivity index (χ2v) is 5.46. The summed E-state index contributed by atoms with van der Waals surface area (Å²) >= 11 is 0. The predicted molar refractivity (Wildman–Crippen MR) is 73.5 cm³/mol. The van der Waals surface area contributed by atoms with Crippen LogP contribution in [0.3, 0.4) is 0 Å². The van der Waals surface area contributed by atoms with Crippen molar-refractivity contribution in [3.05, 3.63) is 0 Å². The van der Waals surface area contributed by atoms with Crippen molar-refractivity contribution in [1.82, 2.24) is 10.6 Å². The maximum absolute atomic E-state index is 12.4. The minimum absolute atomic E-state index is 0.141. The Morgan fingerprint density at radius 3 is 2.61 bits per heavy atom. The average molecular weight is 256 g/mol. The molecule has 0 aromatic heterocycles. The van der Waals surface area contributed by atoms with Gasteiger partial charge in [-0.3, -0.25) is 4.79 Å². The largest absolute Gasteiger partial charge is 0.377 e. The summed E-state index contributed by atoms with van der Waals surface area (Å²) in [7, 11) is 0. The quantitative estimate of drug-likeness (QED) is 0.682. The van der Waals surface area contributed by atoms with E-state index >= 15 is 0 Å². The molecule has 4 heteroatoms. The molecule has 1 aliphatic rings. The second kappa shape index (κ2) is 7.74. The topological polar surface area (TPSA) is 50.4 Å². The lowest BCUT2D eigenvalue weighted by atomic mass is 9.74. The number of amides is 1. The minimum atomic E-state index is -0.141. The monoisotopic (exact) mass is 256 g/mol. The third-order valence-corrected chi connectivity index (χ3v) is 3.61. The second-order valence-electron chi connectivity index (χ2n) is 5.46. The van der Waals surface area contributed by atoms with E-state index in [2.05, 4.69) is 17.6 Å². The van der Waals surface area contributed by atoms with Gasteiger partial charge in [-0.1, -0.05) is 13.3 Å². The summed E-state index contributed by atoms with van der Waals surface area (Å²) in [6, 6.07) is 0. The number of carbonyl (C=O) groups excluding carboxylic acids is 1. The summed E-state index contributed by atoms with van der Waals surface area (Å²) in [4.78, 5) is 12.4. The van der Waals surface area contributed by atoms with Crippen LogP contribution < -0.4 is 10.6 Å². The molecule has 106 valence electrons. The van der Waals surface area contributed by atoms with E-state index in [1.54, 1.807) is 0 Å². The molecular weight excluding hydrogens is 228 g/mol. The molecule has 0 aliphatic carbocycles. The van der Waals surface area contributed by atoms with Gasteiger partial charge in [-0.25, -0.2) is 0 Å². The van der Waals surface area contributed by atoms with Crippen molar-refractivity contribution in [2.45, 2.75) is 52.6 Å². The lowest BCUT2D eigenvalue weighted by Gasteiger charge is -2.36. The van der Waals surface area contributed by atoms with Gasteiger partial charge in [-0.2, -0.15) is 0 Å². The van der Waals surface area contributed by atoms with Crippen LogP contribution in [0.25, 0.3) is 0 Å². The van der Waals surface area contributed by atoms with Gasteiger partial charge in [0, 0.05) is 6.54 Å². The van der Waals surface area contributed by atoms with Crippen LogP contribution in [0, 0.1) is 5.41 Å². The predicted octanol–water partition coefficient (Wildman–Crippen LogP) is 1.70. The number of rotatable bonds is 7. The number of hydrogen-bond acceptors (Lipinski definition) is 3. The number of nitrogens with one attached hydrogen (secondary N) is 2. The van der Waals surface area contributed by atoms with Crippen LogP contribution in [0.2, 0.25) is 0 Å². The van der Waals surface area contributed by atoms with Gasteiger partial charge in [0.05, 0.1) is 18.1 Å². The first-order valence-corrected chi connectivity index (χ1v) is 7.21. The molecular formula is C14H28N2O2. The van der Waals surface area contributed by atoms with Crippen molar-refractivity contribution < 1.29 is 9.53 Å². The Morgan fingerprint density at radius 2 is 2.06 bits per heavy atom. The van der Waals surface area contributed by atoms with E-state index in [4.69, 9.17) is 4.74 Å². The molecule has 4 nitrogen and oxygen atoms in total. The Balaban J connectivity index is 2.39. The highest BCUT2D eigenvalue weighted by atomic mass is 16.5. The molecule has 0 aromatic carbocycles. The molecule has 1 heterocycles. The molecule has 1 aliphatic heterocycles. The molecule has 18 heavy (non-hydrogen) atoms. The summed E-state index contributed by atoms with van der Waals surface area (Å²) in [6.07, 6.45) is 4.20. The Bertz CT molecular complexity index is 243.